The Labute approximate surface area is 129 Å². The molecule has 1 aromatic carbocycles. The minimum Gasteiger partial charge on any atom is -0.493 e. The highest BCUT2D eigenvalue weighted by Gasteiger charge is 2.12. The summed E-state index contributed by atoms with van der Waals surface area (Å²) in [4.78, 5) is 0. The summed E-state index contributed by atoms with van der Waals surface area (Å²) in [5, 5.41) is 12.5. The van der Waals surface area contributed by atoms with Crippen molar-refractivity contribution in [1.82, 2.24) is 5.32 Å². The van der Waals surface area contributed by atoms with E-state index in [0.29, 0.717) is 13.2 Å². The van der Waals surface area contributed by atoms with E-state index in [2.05, 4.69) is 28.2 Å². The Morgan fingerprint density at radius 1 is 1.35 bits per heavy atom. The first kappa shape index (κ1) is 17.3. The van der Waals surface area contributed by atoms with Gasteiger partial charge in [0.05, 0.1) is 24.8 Å². The van der Waals surface area contributed by atoms with Crippen LogP contribution < -0.4 is 14.8 Å². The molecule has 0 unspecified atom stereocenters. The molecule has 0 aliphatic heterocycles. The van der Waals surface area contributed by atoms with Crippen molar-refractivity contribution >= 4 is 15.9 Å². The topological polar surface area (TPSA) is 50.7 Å². The summed E-state index contributed by atoms with van der Waals surface area (Å²) in [5.74, 6) is 1.47. The second-order valence-electron chi connectivity index (χ2n) is 4.63. The number of hydrogen-bond donors (Lipinski definition) is 2. The quantitative estimate of drug-likeness (QED) is 0.721. The summed E-state index contributed by atoms with van der Waals surface area (Å²) >= 11 is 3.53. The lowest BCUT2D eigenvalue weighted by Gasteiger charge is -2.17. The number of hydrogen-bond acceptors (Lipinski definition) is 4. The van der Waals surface area contributed by atoms with Gasteiger partial charge in [0.2, 0.25) is 0 Å². The second kappa shape index (κ2) is 9.21. The first-order chi connectivity index (χ1) is 9.65. The molecule has 0 spiro atoms. The van der Waals surface area contributed by atoms with Gasteiger partial charge in [0.15, 0.2) is 11.5 Å². The molecule has 0 radical (unpaired) electrons. The van der Waals surface area contributed by atoms with Crippen molar-refractivity contribution in [3.63, 3.8) is 0 Å². The zero-order valence-corrected chi connectivity index (χ0v) is 14.0. The number of ether oxygens (including phenoxy) is 2. The van der Waals surface area contributed by atoms with Gasteiger partial charge in [0, 0.05) is 12.6 Å². The highest BCUT2D eigenvalue weighted by molar-refractivity contribution is 9.10. The summed E-state index contributed by atoms with van der Waals surface area (Å²) in [6.07, 6.45) is 1.85. The van der Waals surface area contributed by atoms with Crippen LogP contribution in [-0.4, -0.2) is 31.5 Å². The summed E-state index contributed by atoms with van der Waals surface area (Å²) in [7, 11) is 1.64. The smallest absolute Gasteiger partial charge is 0.175 e. The first-order valence-corrected chi connectivity index (χ1v) is 7.78. The van der Waals surface area contributed by atoms with Crippen LogP contribution >= 0.6 is 15.9 Å². The monoisotopic (exact) mass is 345 g/mol. The molecule has 2 N–H and O–H groups in total. The Morgan fingerprint density at radius 3 is 2.65 bits per heavy atom. The largest absolute Gasteiger partial charge is 0.493 e. The normalized spacial score (nSPS) is 12.2. The van der Waals surface area contributed by atoms with Gasteiger partial charge in [0.1, 0.15) is 0 Å². The summed E-state index contributed by atoms with van der Waals surface area (Å²) in [6.45, 7) is 5.61. The third kappa shape index (κ3) is 4.96. The zero-order chi connectivity index (χ0) is 15.0. The number of methoxy groups -OCH3 is 1. The van der Waals surface area contributed by atoms with E-state index in [9.17, 15) is 5.11 Å². The number of nitrogens with one attached hydrogen (secondary N) is 1. The van der Waals surface area contributed by atoms with Crippen LogP contribution in [0.5, 0.6) is 11.5 Å². The number of rotatable bonds is 9. The molecule has 114 valence electrons. The van der Waals surface area contributed by atoms with Gasteiger partial charge < -0.3 is 19.9 Å². The van der Waals surface area contributed by atoms with Crippen LogP contribution in [0.4, 0.5) is 0 Å². The molecule has 0 saturated heterocycles. The highest BCUT2D eigenvalue weighted by Crippen LogP contribution is 2.36. The van der Waals surface area contributed by atoms with Crippen LogP contribution in [0.2, 0.25) is 0 Å². The van der Waals surface area contributed by atoms with Gasteiger partial charge in [-0.2, -0.15) is 0 Å². The number of aliphatic hydroxyl groups excluding tert-OH is 1. The van der Waals surface area contributed by atoms with E-state index in [4.69, 9.17) is 9.47 Å². The SMILES string of the molecule is CCCOc1c(Br)cc(CN[C@@H](CC)CO)cc1OC. The van der Waals surface area contributed by atoms with Crippen molar-refractivity contribution in [2.75, 3.05) is 20.3 Å². The lowest BCUT2D eigenvalue weighted by atomic mass is 10.1. The van der Waals surface area contributed by atoms with E-state index in [1.807, 2.05) is 19.1 Å². The van der Waals surface area contributed by atoms with Crippen molar-refractivity contribution in [1.29, 1.82) is 0 Å². The molecule has 5 heteroatoms. The maximum atomic E-state index is 9.18. The first-order valence-electron chi connectivity index (χ1n) is 6.99. The van der Waals surface area contributed by atoms with E-state index < -0.39 is 0 Å². The lowest BCUT2D eigenvalue weighted by molar-refractivity contribution is 0.238. The van der Waals surface area contributed by atoms with Gasteiger partial charge in [-0.25, -0.2) is 0 Å². The molecule has 20 heavy (non-hydrogen) atoms. The molecule has 0 saturated carbocycles. The summed E-state index contributed by atoms with van der Waals surface area (Å²) in [6, 6.07) is 4.10. The Balaban J connectivity index is 2.81. The van der Waals surface area contributed by atoms with Crippen LogP contribution in [0.15, 0.2) is 16.6 Å². The zero-order valence-electron chi connectivity index (χ0n) is 12.4. The molecule has 1 aromatic rings. The van der Waals surface area contributed by atoms with Gasteiger partial charge in [-0.3, -0.25) is 0 Å². The summed E-state index contributed by atoms with van der Waals surface area (Å²) in [5.41, 5.74) is 1.09. The minimum atomic E-state index is 0.121. The molecular weight excluding hydrogens is 322 g/mol. The third-order valence-corrected chi connectivity index (χ3v) is 3.64. The van der Waals surface area contributed by atoms with E-state index >= 15 is 0 Å². The molecular formula is C15H24BrNO3. The molecule has 0 aromatic heterocycles. The molecule has 0 bridgehead atoms. The molecule has 1 rings (SSSR count). The van der Waals surface area contributed by atoms with Gasteiger partial charge in [0.25, 0.3) is 0 Å². The Morgan fingerprint density at radius 2 is 2.10 bits per heavy atom. The molecule has 1 atom stereocenters. The summed E-state index contributed by atoms with van der Waals surface area (Å²) < 4.78 is 12.0. The van der Waals surface area contributed by atoms with Crippen molar-refractivity contribution < 1.29 is 14.6 Å². The fourth-order valence-electron chi connectivity index (χ4n) is 1.82. The molecule has 0 fully saturated rings. The standard InChI is InChI=1S/C15H24BrNO3/c1-4-6-20-15-13(16)7-11(8-14(15)19-3)9-17-12(5-2)10-18/h7-8,12,17-18H,4-6,9-10H2,1-3H3/t12-/m0/s1. The van der Waals surface area contributed by atoms with Gasteiger partial charge in [-0.05, 0) is 46.5 Å². The number of benzene rings is 1. The van der Waals surface area contributed by atoms with Crippen LogP contribution in [0.1, 0.15) is 32.3 Å². The van der Waals surface area contributed by atoms with Crippen molar-refractivity contribution in [2.45, 2.75) is 39.3 Å². The van der Waals surface area contributed by atoms with Crippen LogP contribution in [0.25, 0.3) is 0 Å². The van der Waals surface area contributed by atoms with Crippen LogP contribution in [-0.2, 0) is 6.54 Å². The average Bonchev–Trinajstić information content (AvgIpc) is 2.46. The van der Waals surface area contributed by atoms with Gasteiger partial charge in [-0.1, -0.05) is 13.8 Å². The van der Waals surface area contributed by atoms with E-state index in [0.717, 1.165) is 34.4 Å². The average molecular weight is 346 g/mol. The Hall–Kier alpha value is -0.780. The maximum absolute atomic E-state index is 9.18. The predicted molar refractivity (Wildman–Crippen MR) is 84.5 cm³/mol. The van der Waals surface area contributed by atoms with E-state index in [1.165, 1.54) is 0 Å². The molecule has 0 heterocycles. The maximum Gasteiger partial charge on any atom is 0.175 e. The number of aliphatic hydroxyl groups is 1. The molecule has 0 aliphatic carbocycles. The van der Waals surface area contributed by atoms with Crippen LogP contribution in [0, 0.1) is 0 Å². The Bertz CT molecular complexity index is 408. The number of halogens is 1. The van der Waals surface area contributed by atoms with Crippen molar-refractivity contribution in [3.8, 4) is 11.5 Å². The second-order valence-corrected chi connectivity index (χ2v) is 5.48. The predicted octanol–water partition coefficient (Wildman–Crippen LogP) is 3.11. The van der Waals surface area contributed by atoms with Gasteiger partial charge >= 0.3 is 0 Å². The van der Waals surface area contributed by atoms with Gasteiger partial charge in [-0.15, -0.1) is 0 Å². The molecule has 4 nitrogen and oxygen atoms in total. The third-order valence-electron chi connectivity index (χ3n) is 3.05. The lowest BCUT2D eigenvalue weighted by Crippen LogP contribution is -2.31. The highest BCUT2D eigenvalue weighted by atomic mass is 79.9. The molecule has 0 aliphatic rings. The van der Waals surface area contributed by atoms with Crippen LogP contribution in [0.3, 0.4) is 0 Å². The van der Waals surface area contributed by atoms with Crippen molar-refractivity contribution in [3.05, 3.63) is 22.2 Å². The van der Waals surface area contributed by atoms with Crippen molar-refractivity contribution in [2.24, 2.45) is 0 Å². The Kier molecular flexibility index (Phi) is 7.95. The van der Waals surface area contributed by atoms with E-state index in [-0.39, 0.29) is 12.6 Å². The van der Waals surface area contributed by atoms with E-state index in [1.54, 1.807) is 7.11 Å². The fourth-order valence-corrected chi connectivity index (χ4v) is 2.42. The fraction of sp³-hybridized carbons (Fsp3) is 0.600. The minimum absolute atomic E-state index is 0.121. The molecule has 0 amide bonds.